The highest BCUT2D eigenvalue weighted by molar-refractivity contribution is 6.07. The Labute approximate surface area is 213 Å². The average molecular weight is 492 g/mol. The monoisotopic (exact) mass is 491 g/mol. The number of benzene rings is 1. The number of rotatable bonds is 6. The van der Waals surface area contributed by atoms with Gasteiger partial charge >= 0.3 is 0 Å². The largest absolute Gasteiger partial charge is 0.332 e. The molecule has 1 aromatic rings. The maximum atomic E-state index is 14.1. The lowest BCUT2D eigenvalue weighted by Crippen LogP contribution is -2.56. The van der Waals surface area contributed by atoms with Gasteiger partial charge in [0.15, 0.2) is 0 Å². The highest BCUT2D eigenvalue weighted by Crippen LogP contribution is 2.49. The molecule has 2 saturated heterocycles. The van der Waals surface area contributed by atoms with Crippen molar-refractivity contribution in [2.45, 2.75) is 89.0 Å². The quantitative estimate of drug-likeness (QED) is 0.660. The highest BCUT2D eigenvalue weighted by atomic mass is 16.2. The molecule has 4 aliphatic rings. The molecular weight excluding hydrogens is 454 g/mol. The molecule has 36 heavy (non-hydrogen) atoms. The van der Waals surface area contributed by atoms with Gasteiger partial charge in [-0.3, -0.25) is 19.3 Å². The van der Waals surface area contributed by atoms with Gasteiger partial charge in [-0.2, -0.15) is 5.26 Å². The number of para-hydroxylation sites is 1. The number of anilines is 1. The second-order valence-corrected chi connectivity index (χ2v) is 11.8. The Morgan fingerprint density at radius 1 is 1.22 bits per heavy atom. The molecule has 8 nitrogen and oxygen atoms in total. The molecule has 1 N–H and O–H groups in total. The van der Waals surface area contributed by atoms with E-state index in [9.17, 15) is 19.6 Å². The third-order valence-corrected chi connectivity index (χ3v) is 8.75. The van der Waals surface area contributed by atoms with Gasteiger partial charge in [0, 0.05) is 37.8 Å². The molecule has 3 amide bonds. The van der Waals surface area contributed by atoms with Crippen LogP contribution in [0.15, 0.2) is 24.3 Å². The summed E-state index contributed by atoms with van der Waals surface area (Å²) >= 11 is 0. The predicted molar refractivity (Wildman–Crippen MR) is 136 cm³/mol. The van der Waals surface area contributed by atoms with Gasteiger partial charge in [-0.15, -0.1) is 0 Å². The molecule has 1 saturated carbocycles. The van der Waals surface area contributed by atoms with E-state index in [0.29, 0.717) is 18.4 Å². The molecule has 3 heterocycles. The summed E-state index contributed by atoms with van der Waals surface area (Å²) in [5.74, 6) is 0.346. The van der Waals surface area contributed by atoms with E-state index < -0.39 is 17.5 Å². The zero-order valence-corrected chi connectivity index (χ0v) is 21.9. The number of likely N-dealkylation sites (tertiary alicyclic amines) is 2. The van der Waals surface area contributed by atoms with Gasteiger partial charge in [0.25, 0.3) is 0 Å². The van der Waals surface area contributed by atoms with Crippen molar-refractivity contribution in [1.29, 1.82) is 5.26 Å². The first-order valence-corrected chi connectivity index (χ1v) is 13.2. The minimum absolute atomic E-state index is 0.0127. The summed E-state index contributed by atoms with van der Waals surface area (Å²) in [5, 5.41) is 13.0. The van der Waals surface area contributed by atoms with E-state index in [1.54, 1.807) is 16.8 Å². The fourth-order valence-corrected chi connectivity index (χ4v) is 6.90. The lowest BCUT2D eigenvalue weighted by molar-refractivity contribution is -0.148. The normalized spacial score (nSPS) is 31.4. The first-order valence-electron chi connectivity index (χ1n) is 13.2. The smallest absolute Gasteiger partial charge is 0.246 e. The molecule has 1 spiro atoms. The Morgan fingerprint density at radius 3 is 2.61 bits per heavy atom. The number of carbonyl (C=O) groups is 3. The van der Waals surface area contributed by atoms with Crippen LogP contribution in [0.25, 0.3) is 0 Å². The van der Waals surface area contributed by atoms with Gasteiger partial charge in [-0.1, -0.05) is 32.0 Å². The molecule has 8 heteroatoms. The van der Waals surface area contributed by atoms with E-state index in [1.165, 1.54) is 0 Å². The molecule has 0 radical (unpaired) electrons. The topological polar surface area (TPSA) is 96.7 Å². The zero-order chi connectivity index (χ0) is 25.9. The van der Waals surface area contributed by atoms with Gasteiger partial charge in [-0.25, -0.2) is 0 Å². The molecule has 192 valence electrons. The molecule has 0 unspecified atom stereocenters. The fourth-order valence-electron chi connectivity index (χ4n) is 6.90. The van der Waals surface area contributed by atoms with Crippen LogP contribution in [-0.4, -0.2) is 76.2 Å². The van der Waals surface area contributed by atoms with E-state index in [2.05, 4.69) is 30.1 Å². The maximum Gasteiger partial charge on any atom is 0.246 e. The molecule has 5 rings (SSSR count). The summed E-state index contributed by atoms with van der Waals surface area (Å²) in [7, 11) is 1.74. The molecule has 1 aromatic carbocycles. The van der Waals surface area contributed by atoms with Crippen LogP contribution in [0, 0.1) is 23.2 Å². The van der Waals surface area contributed by atoms with Crippen LogP contribution in [0.1, 0.15) is 58.9 Å². The Kier molecular flexibility index (Phi) is 6.11. The number of nitriles is 1. The summed E-state index contributed by atoms with van der Waals surface area (Å²) in [4.78, 5) is 46.5. The number of hydrogen-bond acceptors (Lipinski definition) is 5. The van der Waals surface area contributed by atoms with Crippen LogP contribution in [0.4, 0.5) is 5.69 Å². The summed E-state index contributed by atoms with van der Waals surface area (Å²) in [6, 6.07) is 8.94. The zero-order valence-electron chi connectivity index (χ0n) is 21.9. The van der Waals surface area contributed by atoms with Crippen molar-refractivity contribution in [3.8, 4) is 6.07 Å². The Balaban J connectivity index is 1.41. The van der Waals surface area contributed by atoms with E-state index >= 15 is 0 Å². The van der Waals surface area contributed by atoms with Crippen molar-refractivity contribution in [1.82, 2.24) is 14.7 Å². The van der Waals surface area contributed by atoms with Crippen molar-refractivity contribution >= 4 is 23.4 Å². The summed E-state index contributed by atoms with van der Waals surface area (Å²) in [6.45, 7) is 8.48. The number of nitrogens with one attached hydrogen (secondary N) is 1. The molecule has 1 aliphatic carbocycles. The Hall–Kier alpha value is -2.92. The van der Waals surface area contributed by atoms with Crippen molar-refractivity contribution < 1.29 is 14.4 Å². The first-order chi connectivity index (χ1) is 17.1. The average Bonchev–Trinajstić information content (AvgIpc) is 3.22. The van der Waals surface area contributed by atoms with Crippen molar-refractivity contribution in [2.75, 3.05) is 18.9 Å². The van der Waals surface area contributed by atoms with E-state index in [4.69, 9.17) is 0 Å². The van der Waals surface area contributed by atoms with Gasteiger partial charge in [0.05, 0.1) is 17.5 Å². The SMILES string of the molecule is CC(C)C[C@@H](C(=O)N1C[C@]2(C[C@H]1C#N)C(=O)Nc1ccccc12)N(C)C(=O)[C@@H]1C[C@H]2C[C@H]2N1C(C)C. The number of likely N-dealkylation sites (N-methyl/N-ethyl adjacent to an activating group) is 1. The number of piperidine rings is 1. The molecule has 3 aliphatic heterocycles. The molecule has 0 bridgehead atoms. The molecular formula is C28H37N5O3. The number of fused-ring (bicyclic) bond motifs is 3. The van der Waals surface area contributed by atoms with Crippen LogP contribution in [0.5, 0.6) is 0 Å². The lowest BCUT2D eigenvalue weighted by Gasteiger charge is -2.37. The lowest BCUT2D eigenvalue weighted by atomic mass is 9.80. The van der Waals surface area contributed by atoms with Gasteiger partial charge in [0.2, 0.25) is 17.7 Å². The molecule has 3 fully saturated rings. The second kappa shape index (κ2) is 8.88. The number of hydrogen-bond donors (Lipinski definition) is 1. The van der Waals surface area contributed by atoms with Crippen molar-refractivity contribution in [3.05, 3.63) is 29.8 Å². The minimum atomic E-state index is -0.932. The van der Waals surface area contributed by atoms with Crippen LogP contribution < -0.4 is 5.32 Å². The second-order valence-electron chi connectivity index (χ2n) is 11.8. The van der Waals surface area contributed by atoms with Gasteiger partial charge < -0.3 is 15.1 Å². The van der Waals surface area contributed by atoms with Crippen molar-refractivity contribution in [2.24, 2.45) is 11.8 Å². The third-order valence-electron chi connectivity index (χ3n) is 8.75. The van der Waals surface area contributed by atoms with E-state index in [0.717, 1.165) is 24.1 Å². The molecule has 0 aromatic heterocycles. The first kappa shape index (κ1) is 24.8. The number of amides is 3. The van der Waals surface area contributed by atoms with Crippen LogP contribution in [0.3, 0.4) is 0 Å². The summed E-state index contributed by atoms with van der Waals surface area (Å²) in [5.41, 5.74) is 0.653. The van der Waals surface area contributed by atoms with Crippen molar-refractivity contribution in [3.63, 3.8) is 0 Å². The van der Waals surface area contributed by atoms with Crippen LogP contribution in [-0.2, 0) is 19.8 Å². The van der Waals surface area contributed by atoms with Gasteiger partial charge in [-0.05, 0) is 56.6 Å². The standard InChI is InChI=1S/C28H37N5O3/c1-16(2)10-23(31(5)25(34)24-12-18-11-22(18)33(24)17(3)4)26(35)32-15-28(13-19(32)14-29)20-8-6-7-9-21(20)30-27(28)36/h6-9,16-19,22-24H,10-13,15H2,1-5H3,(H,30,36)/t18-,19+,22-,23+,24+,28+/m1/s1. The Bertz CT molecular complexity index is 1130. The van der Waals surface area contributed by atoms with E-state index in [-0.39, 0.29) is 48.7 Å². The van der Waals surface area contributed by atoms with Crippen LogP contribution in [0.2, 0.25) is 0 Å². The highest BCUT2D eigenvalue weighted by Gasteiger charge is 2.58. The van der Waals surface area contributed by atoms with Gasteiger partial charge in [0.1, 0.15) is 12.1 Å². The van der Waals surface area contributed by atoms with Crippen LogP contribution >= 0.6 is 0 Å². The number of carbonyl (C=O) groups excluding carboxylic acids is 3. The minimum Gasteiger partial charge on any atom is -0.332 e. The molecule has 6 atom stereocenters. The Morgan fingerprint density at radius 2 is 1.94 bits per heavy atom. The van der Waals surface area contributed by atoms with E-state index in [1.807, 2.05) is 38.1 Å². The number of nitrogens with zero attached hydrogens (tertiary/aromatic N) is 4. The summed E-state index contributed by atoms with van der Waals surface area (Å²) in [6.07, 6.45) is 2.77. The summed E-state index contributed by atoms with van der Waals surface area (Å²) < 4.78 is 0. The fraction of sp³-hybridized carbons (Fsp3) is 0.643. The third kappa shape index (κ3) is 3.80. The predicted octanol–water partition coefficient (Wildman–Crippen LogP) is 2.75. The maximum absolute atomic E-state index is 14.1.